The Hall–Kier alpha value is -4.39. The molecule has 36 heavy (non-hydrogen) atoms. The van der Waals surface area contributed by atoms with Crippen molar-refractivity contribution >= 4 is 17.2 Å². The second-order valence-corrected chi connectivity index (χ2v) is 8.61. The molecular formula is C29H26FN3O3. The van der Waals surface area contributed by atoms with Gasteiger partial charge in [-0.15, -0.1) is 0 Å². The summed E-state index contributed by atoms with van der Waals surface area (Å²) in [6.07, 6.45) is 2.78. The smallest absolute Gasteiger partial charge is 0.309 e. The van der Waals surface area contributed by atoms with Crippen molar-refractivity contribution in [3.05, 3.63) is 114 Å². The third-order valence-electron chi connectivity index (χ3n) is 6.05. The molecular weight excluding hydrogens is 457 g/mol. The van der Waals surface area contributed by atoms with E-state index < -0.39 is 5.97 Å². The molecule has 2 heterocycles. The number of carbonyl (C=O) groups is 1. The molecule has 0 N–H and O–H groups in total. The van der Waals surface area contributed by atoms with E-state index in [0.717, 1.165) is 22.6 Å². The lowest BCUT2D eigenvalue weighted by Crippen LogP contribution is -2.27. The topological polar surface area (TPSA) is 56.6 Å². The third kappa shape index (κ3) is 4.86. The summed E-state index contributed by atoms with van der Waals surface area (Å²) >= 11 is 0. The van der Waals surface area contributed by atoms with E-state index in [0.29, 0.717) is 42.5 Å². The molecule has 182 valence electrons. The van der Waals surface area contributed by atoms with E-state index in [1.165, 1.54) is 13.0 Å². The third-order valence-corrected chi connectivity index (χ3v) is 6.05. The summed E-state index contributed by atoms with van der Waals surface area (Å²) in [5.74, 6) is 1.08. The second-order valence-electron chi connectivity index (χ2n) is 8.61. The number of hydrogen-bond donors (Lipinski definition) is 0. The van der Waals surface area contributed by atoms with Crippen LogP contribution in [0.15, 0.2) is 85.1 Å². The highest BCUT2D eigenvalue weighted by molar-refractivity contribution is 5.73. The van der Waals surface area contributed by atoms with Crippen LogP contribution < -0.4 is 14.4 Å². The summed E-state index contributed by atoms with van der Waals surface area (Å²) in [7, 11) is 1.62. The fourth-order valence-corrected chi connectivity index (χ4v) is 4.39. The van der Waals surface area contributed by atoms with E-state index >= 15 is 0 Å². The van der Waals surface area contributed by atoms with Crippen molar-refractivity contribution in [2.24, 2.45) is 0 Å². The molecule has 0 saturated heterocycles. The molecule has 1 aliphatic rings. The number of esters is 1. The SMILES string of the molecule is COc1cccc(Cc2nc3n(c2OC(C)=O)CN(c2ccccc2)C=C3Cc2ccccc2F)c1. The van der Waals surface area contributed by atoms with Gasteiger partial charge in [-0.1, -0.05) is 48.5 Å². The van der Waals surface area contributed by atoms with Crippen molar-refractivity contribution in [2.45, 2.75) is 26.4 Å². The predicted octanol–water partition coefficient (Wildman–Crippen LogP) is 5.61. The van der Waals surface area contributed by atoms with E-state index in [-0.39, 0.29) is 5.82 Å². The number of allylic oxidation sites excluding steroid dienone is 1. The minimum absolute atomic E-state index is 0.273. The number of para-hydroxylation sites is 1. The van der Waals surface area contributed by atoms with Crippen LogP contribution in [0.3, 0.4) is 0 Å². The van der Waals surface area contributed by atoms with Crippen molar-refractivity contribution < 1.29 is 18.7 Å². The molecule has 0 amide bonds. The number of imidazole rings is 1. The minimum Gasteiger partial charge on any atom is -0.497 e. The lowest BCUT2D eigenvalue weighted by atomic mass is 10.0. The van der Waals surface area contributed by atoms with Gasteiger partial charge in [0.25, 0.3) is 0 Å². The number of carbonyl (C=O) groups excluding carboxylic acids is 1. The quantitative estimate of drug-likeness (QED) is 0.320. The van der Waals surface area contributed by atoms with Crippen LogP contribution in [0.5, 0.6) is 11.6 Å². The first kappa shape index (κ1) is 23.4. The molecule has 0 saturated carbocycles. The van der Waals surface area contributed by atoms with Crippen LogP contribution in [-0.4, -0.2) is 22.6 Å². The Balaban J connectivity index is 1.61. The van der Waals surface area contributed by atoms with Crippen LogP contribution in [0.4, 0.5) is 10.1 Å². The number of nitrogens with zero attached hydrogens (tertiary/aromatic N) is 3. The van der Waals surface area contributed by atoms with Gasteiger partial charge in [-0.3, -0.25) is 9.36 Å². The van der Waals surface area contributed by atoms with E-state index in [2.05, 4.69) is 0 Å². The number of fused-ring (bicyclic) bond motifs is 1. The zero-order valence-electron chi connectivity index (χ0n) is 20.1. The van der Waals surface area contributed by atoms with Gasteiger partial charge in [0.1, 0.15) is 29.8 Å². The van der Waals surface area contributed by atoms with Crippen LogP contribution in [-0.2, 0) is 24.3 Å². The average Bonchev–Trinajstić information content (AvgIpc) is 3.22. The Kier molecular flexibility index (Phi) is 6.54. The van der Waals surface area contributed by atoms with E-state index in [4.69, 9.17) is 14.5 Å². The van der Waals surface area contributed by atoms with Crippen LogP contribution >= 0.6 is 0 Å². The number of benzene rings is 3. The summed E-state index contributed by atoms with van der Waals surface area (Å²) in [4.78, 5) is 19.1. The lowest BCUT2D eigenvalue weighted by molar-refractivity contribution is -0.132. The van der Waals surface area contributed by atoms with E-state index in [9.17, 15) is 9.18 Å². The van der Waals surface area contributed by atoms with Gasteiger partial charge >= 0.3 is 5.97 Å². The van der Waals surface area contributed by atoms with Gasteiger partial charge in [-0.2, -0.15) is 0 Å². The second kappa shape index (κ2) is 10.1. The fraction of sp³-hybridized carbons (Fsp3) is 0.172. The molecule has 7 heteroatoms. The van der Waals surface area contributed by atoms with E-state index in [1.807, 2.05) is 76.3 Å². The van der Waals surface area contributed by atoms with Gasteiger partial charge in [-0.05, 0) is 41.5 Å². The van der Waals surface area contributed by atoms with Crippen molar-refractivity contribution in [2.75, 3.05) is 12.0 Å². The number of aromatic nitrogens is 2. The molecule has 0 radical (unpaired) electrons. The number of methoxy groups -OCH3 is 1. The Bertz CT molecular complexity index is 1430. The molecule has 6 nitrogen and oxygen atoms in total. The molecule has 1 aromatic heterocycles. The zero-order chi connectivity index (χ0) is 25.1. The molecule has 0 fully saturated rings. The highest BCUT2D eigenvalue weighted by Crippen LogP contribution is 2.35. The molecule has 1 aliphatic heterocycles. The highest BCUT2D eigenvalue weighted by atomic mass is 19.1. The lowest BCUT2D eigenvalue weighted by Gasteiger charge is -2.29. The Morgan fingerprint density at radius 3 is 2.53 bits per heavy atom. The maximum Gasteiger partial charge on any atom is 0.309 e. The Labute approximate surface area is 209 Å². The van der Waals surface area contributed by atoms with Crippen molar-refractivity contribution in [1.29, 1.82) is 0 Å². The van der Waals surface area contributed by atoms with Gasteiger partial charge in [0.05, 0.1) is 7.11 Å². The molecule has 3 aromatic carbocycles. The number of hydrogen-bond acceptors (Lipinski definition) is 5. The molecule has 0 atom stereocenters. The van der Waals surface area contributed by atoms with Gasteiger partial charge in [0.15, 0.2) is 0 Å². The Morgan fingerprint density at radius 1 is 1.00 bits per heavy atom. The minimum atomic E-state index is -0.430. The van der Waals surface area contributed by atoms with E-state index in [1.54, 1.807) is 19.2 Å². The van der Waals surface area contributed by atoms with Crippen LogP contribution in [0.1, 0.15) is 29.6 Å². The summed E-state index contributed by atoms with van der Waals surface area (Å²) in [5, 5.41) is 0. The van der Waals surface area contributed by atoms with Crippen LogP contribution in [0.2, 0.25) is 0 Å². The molecule has 0 unspecified atom stereocenters. The van der Waals surface area contributed by atoms with Crippen molar-refractivity contribution in [3.63, 3.8) is 0 Å². The van der Waals surface area contributed by atoms with Gasteiger partial charge in [0, 0.05) is 37.2 Å². The van der Waals surface area contributed by atoms with Gasteiger partial charge in [-0.25, -0.2) is 9.37 Å². The summed E-state index contributed by atoms with van der Waals surface area (Å²) < 4.78 is 27.6. The van der Waals surface area contributed by atoms with Crippen LogP contribution in [0, 0.1) is 5.82 Å². The first-order chi connectivity index (χ1) is 17.5. The molecule has 0 aliphatic carbocycles. The highest BCUT2D eigenvalue weighted by Gasteiger charge is 2.28. The van der Waals surface area contributed by atoms with Gasteiger partial charge < -0.3 is 14.4 Å². The molecule has 0 spiro atoms. The maximum atomic E-state index is 14.6. The number of anilines is 1. The predicted molar refractivity (Wildman–Crippen MR) is 136 cm³/mol. The first-order valence-corrected chi connectivity index (χ1v) is 11.7. The van der Waals surface area contributed by atoms with Crippen LogP contribution in [0.25, 0.3) is 5.57 Å². The number of rotatable bonds is 7. The zero-order valence-corrected chi connectivity index (χ0v) is 20.1. The molecule has 4 aromatic rings. The summed E-state index contributed by atoms with van der Waals surface area (Å²) in [6.45, 7) is 1.77. The molecule has 5 rings (SSSR count). The standard InChI is InChI=1S/C29H26FN3O3/c1-20(34)36-29-27(16-21-9-8-13-25(15-21)35-2)31-28-23(17-22-10-6-7-14-26(22)30)18-32(19-33(28)29)24-11-4-3-5-12-24/h3-15,18H,16-17,19H2,1-2H3. The Morgan fingerprint density at radius 2 is 1.78 bits per heavy atom. The van der Waals surface area contributed by atoms with Crippen molar-refractivity contribution in [3.8, 4) is 11.6 Å². The fourth-order valence-electron chi connectivity index (χ4n) is 4.39. The average molecular weight is 484 g/mol. The number of ether oxygens (including phenoxy) is 2. The maximum absolute atomic E-state index is 14.6. The largest absolute Gasteiger partial charge is 0.497 e. The monoisotopic (exact) mass is 483 g/mol. The number of halogens is 1. The summed E-state index contributed by atoms with van der Waals surface area (Å²) in [6, 6.07) is 24.3. The van der Waals surface area contributed by atoms with Crippen molar-refractivity contribution in [1.82, 2.24) is 9.55 Å². The normalized spacial score (nSPS) is 12.6. The first-order valence-electron chi connectivity index (χ1n) is 11.7. The summed E-state index contributed by atoms with van der Waals surface area (Å²) in [5.41, 5.74) is 3.95. The van der Waals surface area contributed by atoms with Gasteiger partial charge in [0.2, 0.25) is 5.88 Å². The molecule has 0 bridgehead atoms.